The zero-order valence-electron chi connectivity index (χ0n) is 9.70. The van der Waals surface area contributed by atoms with Crippen molar-refractivity contribution in [2.24, 2.45) is 0 Å². The van der Waals surface area contributed by atoms with E-state index in [1.807, 2.05) is 0 Å². The van der Waals surface area contributed by atoms with Crippen LogP contribution in [0.1, 0.15) is 16.7 Å². The fourth-order valence-corrected chi connectivity index (χ4v) is 2.92. The second-order valence-corrected chi connectivity index (χ2v) is 4.71. The number of halogens is 1. The largest absolute Gasteiger partial charge is 0.492 e. The molecule has 2 heterocycles. The molecule has 1 aromatic carbocycles. The molecule has 3 rings (SSSR count). The fourth-order valence-electron chi connectivity index (χ4n) is 2.73. The van der Waals surface area contributed by atoms with E-state index in [0.717, 1.165) is 11.1 Å². The monoisotopic (exact) mass is 269 g/mol. The number of fused-ring (bicyclic) bond motifs is 2. The van der Waals surface area contributed by atoms with Crippen LogP contribution in [0.5, 0.6) is 11.5 Å². The van der Waals surface area contributed by atoms with Gasteiger partial charge in [-0.05, 0) is 6.42 Å². The number of nitrogens with zero attached hydrogens (tertiary/aromatic N) is 1. The number of nitro benzene ring substituents is 1. The Morgan fingerprint density at radius 3 is 2.50 bits per heavy atom. The Labute approximate surface area is 109 Å². The van der Waals surface area contributed by atoms with Gasteiger partial charge >= 0.3 is 5.69 Å². The highest BCUT2D eigenvalue weighted by Crippen LogP contribution is 2.48. The first-order valence-corrected chi connectivity index (χ1v) is 6.44. The summed E-state index contributed by atoms with van der Waals surface area (Å²) in [6, 6.07) is 0. The van der Waals surface area contributed by atoms with Crippen molar-refractivity contribution in [3.63, 3.8) is 0 Å². The zero-order chi connectivity index (χ0) is 12.7. The fraction of sp³-hybridized carbons (Fsp3) is 0.500. The molecule has 2 aliphatic heterocycles. The Bertz CT molecular complexity index is 494. The number of alkyl halides is 1. The molecule has 0 saturated heterocycles. The SMILES string of the molecule is O=[N+]([O-])c1c2c(c(CCCl)c3c1OCC3)OCC2. The number of hydrogen-bond acceptors (Lipinski definition) is 4. The molecule has 0 atom stereocenters. The van der Waals surface area contributed by atoms with Gasteiger partial charge in [-0.25, -0.2) is 0 Å². The van der Waals surface area contributed by atoms with Gasteiger partial charge in [0, 0.05) is 29.8 Å². The summed E-state index contributed by atoms with van der Waals surface area (Å²) in [7, 11) is 0. The van der Waals surface area contributed by atoms with Gasteiger partial charge < -0.3 is 9.47 Å². The quantitative estimate of drug-likeness (QED) is 0.480. The standard InChI is InChI=1S/C12H12ClNO4/c13-4-1-7-8-2-5-18-12(8)10(14(15)16)9-3-6-17-11(7)9/h1-6H2. The Hall–Kier alpha value is -1.49. The molecule has 5 nitrogen and oxygen atoms in total. The molecule has 0 amide bonds. The average molecular weight is 270 g/mol. The summed E-state index contributed by atoms with van der Waals surface area (Å²) in [5.41, 5.74) is 2.66. The van der Waals surface area contributed by atoms with E-state index in [2.05, 4.69) is 0 Å². The Morgan fingerprint density at radius 1 is 1.17 bits per heavy atom. The van der Waals surface area contributed by atoms with Crippen LogP contribution in [-0.2, 0) is 19.3 Å². The van der Waals surface area contributed by atoms with Crippen LogP contribution in [0.3, 0.4) is 0 Å². The maximum atomic E-state index is 11.2. The lowest BCUT2D eigenvalue weighted by Gasteiger charge is -2.12. The molecule has 0 radical (unpaired) electrons. The average Bonchev–Trinajstić information content (AvgIpc) is 2.96. The Morgan fingerprint density at radius 2 is 1.83 bits per heavy atom. The van der Waals surface area contributed by atoms with Crippen molar-refractivity contribution in [3.05, 3.63) is 26.8 Å². The van der Waals surface area contributed by atoms with Gasteiger partial charge in [0.25, 0.3) is 0 Å². The van der Waals surface area contributed by atoms with Crippen molar-refractivity contribution in [1.29, 1.82) is 0 Å². The van der Waals surface area contributed by atoms with Crippen molar-refractivity contribution in [2.45, 2.75) is 19.3 Å². The molecule has 18 heavy (non-hydrogen) atoms. The van der Waals surface area contributed by atoms with Gasteiger partial charge in [0.05, 0.1) is 23.7 Å². The molecule has 1 aromatic rings. The highest BCUT2D eigenvalue weighted by atomic mass is 35.5. The van der Waals surface area contributed by atoms with E-state index >= 15 is 0 Å². The molecule has 0 spiro atoms. The van der Waals surface area contributed by atoms with Gasteiger partial charge in [0.2, 0.25) is 5.75 Å². The zero-order valence-corrected chi connectivity index (χ0v) is 10.5. The first-order chi connectivity index (χ1) is 8.74. The summed E-state index contributed by atoms with van der Waals surface area (Å²) in [6.45, 7) is 0.989. The smallest absolute Gasteiger partial charge is 0.318 e. The van der Waals surface area contributed by atoms with Crippen molar-refractivity contribution >= 4 is 17.3 Å². The molecule has 0 aromatic heterocycles. The van der Waals surface area contributed by atoms with Gasteiger partial charge in [0.15, 0.2) is 0 Å². The number of benzene rings is 1. The van der Waals surface area contributed by atoms with Crippen LogP contribution in [0, 0.1) is 10.1 Å². The lowest BCUT2D eigenvalue weighted by molar-refractivity contribution is -0.386. The Kier molecular flexibility index (Phi) is 2.78. The first-order valence-electron chi connectivity index (χ1n) is 5.90. The molecule has 96 valence electrons. The van der Waals surface area contributed by atoms with Crippen LogP contribution >= 0.6 is 11.6 Å². The minimum Gasteiger partial charge on any atom is -0.492 e. The van der Waals surface area contributed by atoms with Crippen LogP contribution in [0.4, 0.5) is 5.69 Å². The first kappa shape index (κ1) is 11.6. The third-order valence-corrected chi connectivity index (χ3v) is 3.60. The van der Waals surface area contributed by atoms with Crippen LogP contribution in [0.15, 0.2) is 0 Å². The van der Waals surface area contributed by atoms with Crippen LogP contribution in [0.2, 0.25) is 0 Å². The highest BCUT2D eigenvalue weighted by Gasteiger charge is 2.36. The summed E-state index contributed by atoms with van der Waals surface area (Å²) in [4.78, 5) is 10.9. The number of rotatable bonds is 3. The van der Waals surface area contributed by atoms with Crippen molar-refractivity contribution < 1.29 is 14.4 Å². The van der Waals surface area contributed by atoms with E-state index in [-0.39, 0.29) is 10.6 Å². The number of ether oxygens (including phenoxy) is 2. The molecule has 2 aliphatic rings. The lowest BCUT2D eigenvalue weighted by atomic mass is 9.96. The topological polar surface area (TPSA) is 61.6 Å². The van der Waals surface area contributed by atoms with Crippen LogP contribution < -0.4 is 9.47 Å². The Balaban J connectivity index is 2.28. The van der Waals surface area contributed by atoms with E-state index < -0.39 is 0 Å². The van der Waals surface area contributed by atoms with Crippen LogP contribution in [-0.4, -0.2) is 24.0 Å². The molecular formula is C12H12ClNO4. The van der Waals surface area contributed by atoms with E-state index in [0.29, 0.717) is 55.4 Å². The molecular weight excluding hydrogens is 258 g/mol. The van der Waals surface area contributed by atoms with Gasteiger partial charge in [-0.2, -0.15) is 0 Å². The lowest BCUT2D eigenvalue weighted by Crippen LogP contribution is -2.01. The van der Waals surface area contributed by atoms with E-state index in [1.54, 1.807) is 0 Å². The normalized spacial score (nSPS) is 15.8. The van der Waals surface area contributed by atoms with Gasteiger partial charge in [-0.15, -0.1) is 11.6 Å². The van der Waals surface area contributed by atoms with Gasteiger partial charge in [0.1, 0.15) is 5.75 Å². The third-order valence-electron chi connectivity index (χ3n) is 3.41. The number of nitro groups is 1. The summed E-state index contributed by atoms with van der Waals surface area (Å²) < 4.78 is 11.0. The molecule has 0 saturated carbocycles. The van der Waals surface area contributed by atoms with Crippen molar-refractivity contribution in [1.82, 2.24) is 0 Å². The second-order valence-electron chi connectivity index (χ2n) is 4.34. The van der Waals surface area contributed by atoms with E-state index in [1.165, 1.54) is 0 Å². The molecule has 0 fully saturated rings. The molecule has 0 N–H and O–H groups in total. The second kappa shape index (κ2) is 4.31. The predicted molar refractivity (Wildman–Crippen MR) is 65.9 cm³/mol. The molecule has 0 aliphatic carbocycles. The number of hydrogen-bond donors (Lipinski definition) is 0. The van der Waals surface area contributed by atoms with Crippen molar-refractivity contribution in [2.75, 3.05) is 19.1 Å². The molecule has 6 heteroatoms. The minimum atomic E-state index is -0.359. The van der Waals surface area contributed by atoms with Crippen LogP contribution in [0.25, 0.3) is 0 Å². The maximum absolute atomic E-state index is 11.2. The summed E-state index contributed by atoms with van der Waals surface area (Å²) >= 11 is 5.81. The molecule has 0 bridgehead atoms. The van der Waals surface area contributed by atoms with Crippen molar-refractivity contribution in [3.8, 4) is 11.5 Å². The van der Waals surface area contributed by atoms with E-state index in [4.69, 9.17) is 21.1 Å². The van der Waals surface area contributed by atoms with Gasteiger partial charge in [-0.3, -0.25) is 10.1 Å². The minimum absolute atomic E-state index is 0.0910. The summed E-state index contributed by atoms with van der Waals surface area (Å²) in [5.74, 6) is 1.58. The van der Waals surface area contributed by atoms with E-state index in [9.17, 15) is 10.1 Å². The van der Waals surface area contributed by atoms with Gasteiger partial charge in [-0.1, -0.05) is 0 Å². The summed E-state index contributed by atoms with van der Waals surface area (Å²) in [5, 5.41) is 11.2. The maximum Gasteiger partial charge on any atom is 0.318 e. The third kappa shape index (κ3) is 1.54. The predicted octanol–water partition coefficient (Wildman–Crippen LogP) is 2.25. The molecule has 0 unspecified atom stereocenters. The highest BCUT2D eigenvalue weighted by molar-refractivity contribution is 6.18. The summed E-state index contributed by atoms with van der Waals surface area (Å²) in [6.07, 6.45) is 1.92.